The molecule has 0 radical (unpaired) electrons. The van der Waals surface area contributed by atoms with Gasteiger partial charge in [0.15, 0.2) is 6.61 Å². The summed E-state index contributed by atoms with van der Waals surface area (Å²) >= 11 is 0. The van der Waals surface area contributed by atoms with Crippen molar-refractivity contribution in [3.8, 4) is 5.75 Å². The standard InChI is InChI=1S/C22H24N2O5/c1-28-19-11-7-16(8-12-19)14-24(18-9-10-18)20(25)15-29-21(26)13-23-22(27)17-5-3-2-4-6-17/h2-8,11-12,18H,9-10,13-15H2,1H3,(H,23,27). The smallest absolute Gasteiger partial charge is 0.325 e. The first kappa shape index (κ1) is 20.4. The van der Waals surface area contributed by atoms with E-state index in [1.54, 1.807) is 42.3 Å². The van der Waals surface area contributed by atoms with Crippen LogP contribution in [0.4, 0.5) is 0 Å². The zero-order chi connectivity index (χ0) is 20.6. The van der Waals surface area contributed by atoms with Crippen LogP contribution in [-0.4, -0.2) is 49.0 Å². The molecule has 1 fully saturated rings. The highest BCUT2D eigenvalue weighted by atomic mass is 16.5. The lowest BCUT2D eigenvalue weighted by Crippen LogP contribution is -2.37. The largest absolute Gasteiger partial charge is 0.497 e. The third-order valence-electron chi connectivity index (χ3n) is 4.61. The lowest BCUT2D eigenvalue weighted by molar-refractivity contribution is -0.151. The van der Waals surface area contributed by atoms with Crippen molar-refractivity contribution in [1.82, 2.24) is 10.2 Å². The van der Waals surface area contributed by atoms with Gasteiger partial charge in [-0.05, 0) is 42.7 Å². The van der Waals surface area contributed by atoms with Crippen LogP contribution in [0.2, 0.25) is 0 Å². The lowest BCUT2D eigenvalue weighted by atomic mass is 10.2. The third-order valence-corrected chi connectivity index (χ3v) is 4.61. The number of nitrogens with one attached hydrogen (secondary N) is 1. The van der Waals surface area contributed by atoms with Gasteiger partial charge in [-0.1, -0.05) is 30.3 Å². The summed E-state index contributed by atoms with van der Waals surface area (Å²) in [6.45, 7) is -0.175. The fourth-order valence-electron chi connectivity index (χ4n) is 2.85. The highest BCUT2D eigenvalue weighted by Gasteiger charge is 2.32. The van der Waals surface area contributed by atoms with Crippen LogP contribution in [0.25, 0.3) is 0 Å². The molecule has 0 unspecified atom stereocenters. The fraction of sp³-hybridized carbons (Fsp3) is 0.318. The molecule has 152 valence electrons. The maximum absolute atomic E-state index is 12.6. The van der Waals surface area contributed by atoms with Gasteiger partial charge in [-0.3, -0.25) is 14.4 Å². The minimum absolute atomic E-state index is 0.182. The predicted octanol–water partition coefficient (Wildman–Crippen LogP) is 2.16. The van der Waals surface area contributed by atoms with E-state index in [9.17, 15) is 14.4 Å². The zero-order valence-corrected chi connectivity index (χ0v) is 16.3. The van der Waals surface area contributed by atoms with E-state index in [2.05, 4.69) is 5.32 Å². The summed E-state index contributed by atoms with van der Waals surface area (Å²) in [4.78, 5) is 38.1. The second kappa shape index (κ2) is 9.73. The van der Waals surface area contributed by atoms with E-state index in [-0.39, 0.29) is 31.0 Å². The first-order valence-corrected chi connectivity index (χ1v) is 9.48. The number of nitrogens with zero attached hydrogens (tertiary/aromatic N) is 1. The van der Waals surface area contributed by atoms with Crippen molar-refractivity contribution in [2.45, 2.75) is 25.4 Å². The average molecular weight is 396 g/mol. The highest BCUT2D eigenvalue weighted by Crippen LogP contribution is 2.28. The third kappa shape index (κ3) is 6.07. The molecule has 29 heavy (non-hydrogen) atoms. The second-order valence-corrected chi connectivity index (χ2v) is 6.81. The van der Waals surface area contributed by atoms with E-state index in [1.807, 2.05) is 24.3 Å². The van der Waals surface area contributed by atoms with Crippen molar-refractivity contribution < 1.29 is 23.9 Å². The molecule has 0 aliphatic heterocycles. The Morgan fingerprint density at radius 2 is 1.72 bits per heavy atom. The highest BCUT2D eigenvalue weighted by molar-refractivity contribution is 5.96. The van der Waals surface area contributed by atoms with Gasteiger partial charge in [0.05, 0.1) is 7.11 Å². The molecule has 1 aliphatic rings. The summed E-state index contributed by atoms with van der Waals surface area (Å²) in [7, 11) is 1.60. The number of hydrogen-bond donors (Lipinski definition) is 1. The molecule has 7 heteroatoms. The topological polar surface area (TPSA) is 84.9 Å². The number of ether oxygens (including phenoxy) is 2. The van der Waals surface area contributed by atoms with E-state index in [0.717, 1.165) is 24.2 Å². The van der Waals surface area contributed by atoms with Crippen molar-refractivity contribution in [3.05, 3.63) is 65.7 Å². The molecule has 1 saturated carbocycles. The van der Waals surface area contributed by atoms with Crippen LogP contribution < -0.4 is 10.1 Å². The van der Waals surface area contributed by atoms with E-state index >= 15 is 0 Å². The van der Waals surface area contributed by atoms with Gasteiger partial charge in [-0.15, -0.1) is 0 Å². The Hall–Kier alpha value is -3.35. The van der Waals surface area contributed by atoms with Gasteiger partial charge < -0.3 is 19.7 Å². The number of hydrogen-bond acceptors (Lipinski definition) is 5. The molecule has 2 amide bonds. The van der Waals surface area contributed by atoms with Crippen LogP contribution in [0.3, 0.4) is 0 Å². The number of methoxy groups -OCH3 is 1. The Morgan fingerprint density at radius 3 is 2.34 bits per heavy atom. The van der Waals surface area contributed by atoms with Crippen molar-refractivity contribution in [3.63, 3.8) is 0 Å². The molecule has 0 saturated heterocycles. The van der Waals surface area contributed by atoms with E-state index in [4.69, 9.17) is 9.47 Å². The van der Waals surface area contributed by atoms with Crippen LogP contribution in [0.5, 0.6) is 5.75 Å². The Morgan fingerprint density at radius 1 is 1.03 bits per heavy atom. The van der Waals surface area contributed by atoms with E-state index in [0.29, 0.717) is 12.1 Å². The summed E-state index contributed by atoms with van der Waals surface area (Å²) in [5.74, 6) is -0.508. The molecule has 0 atom stereocenters. The molecular weight excluding hydrogens is 372 g/mol. The first-order valence-electron chi connectivity index (χ1n) is 9.48. The van der Waals surface area contributed by atoms with Crippen LogP contribution in [0.15, 0.2) is 54.6 Å². The molecule has 1 N–H and O–H groups in total. The minimum Gasteiger partial charge on any atom is -0.497 e. The number of rotatable bonds is 9. The summed E-state index contributed by atoms with van der Waals surface area (Å²) in [5, 5.41) is 2.49. The maximum Gasteiger partial charge on any atom is 0.325 e. The van der Waals surface area contributed by atoms with Crippen LogP contribution in [0, 0.1) is 0 Å². The molecule has 0 bridgehead atoms. The number of esters is 1. The van der Waals surface area contributed by atoms with Gasteiger partial charge in [-0.2, -0.15) is 0 Å². The Balaban J connectivity index is 1.46. The van der Waals surface area contributed by atoms with Crippen molar-refractivity contribution in [2.24, 2.45) is 0 Å². The van der Waals surface area contributed by atoms with Gasteiger partial charge in [0.2, 0.25) is 0 Å². The van der Waals surface area contributed by atoms with Crippen molar-refractivity contribution in [2.75, 3.05) is 20.3 Å². The van der Waals surface area contributed by atoms with Crippen molar-refractivity contribution >= 4 is 17.8 Å². The Bertz CT molecular complexity index is 847. The van der Waals surface area contributed by atoms with Gasteiger partial charge in [0, 0.05) is 18.2 Å². The first-order chi connectivity index (χ1) is 14.1. The molecule has 7 nitrogen and oxygen atoms in total. The van der Waals surface area contributed by atoms with Gasteiger partial charge in [-0.25, -0.2) is 0 Å². The lowest BCUT2D eigenvalue weighted by Gasteiger charge is -2.22. The van der Waals surface area contributed by atoms with E-state index < -0.39 is 5.97 Å². The van der Waals surface area contributed by atoms with Crippen LogP contribution >= 0.6 is 0 Å². The maximum atomic E-state index is 12.6. The molecule has 1 aliphatic carbocycles. The number of benzene rings is 2. The zero-order valence-electron chi connectivity index (χ0n) is 16.3. The summed E-state index contributed by atoms with van der Waals surface area (Å²) < 4.78 is 10.2. The van der Waals surface area contributed by atoms with Gasteiger partial charge in [0.1, 0.15) is 12.3 Å². The second-order valence-electron chi connectivity index (χ2n) is 6.81. The van der Waals surface area contributed by atoms with E-state index in [1.165, 1.54) is 0 Å². The number of amides is 2. The SMILES string of the molecule is COc1ccc(CN(C(=O)COC(=O)CNC(=O)c2ccccc2)C2CC2)cc1. The van der Waals surface area contributed by atoms with Crippen molar-refractivity contribution in [1.29, 1.82) is 0 Å². The van der Waals surface area contributed by atoms with Crippen LogP contribution in [-0.2, 0) is 20.9 Å². The Kier molecular flexibility index (Phi) is 6.84. The van der Waals surface area contributed by atoms with Crippen LogP contribution in [0.1, 0.15) is 28.8 Å². The number of carbonyl (C=O) groups excluding carboxylic acids is 3. The van der Waals surface area contributed by atoms with Gasteiger partial charge >= 0.3 is 5.97 Å². The molecule has 0 spiro atoms. The minimum atomic E-state index is -0.650. The predicted molar refractivity (Wildman–Crippen MR) is 106 cm³/mol. The summed E-state index contributed by atoms with van der Waals surface area (Å²) in [6.07, 6.45) is 1.89. The average Bonchev–Trinajstić information content (AvgIpc) is 3.60. The summed E-state index contributed by atoms with van der Waals surface area (Å²) in [5.41, 5.74) is 1.43. The molecule has 2 aromatic rings. The fourth-order valence-corrected chi connectivity index (χ4v) is 2.85. The molecule has 0 aromatic heterocycles. The molecule has 2 aromatic carbocycles. The number of carbonyl (C=O) groups is 3. The summed E-state index contributed by atoms with van der Waals surface area (Å²) in [6, 6.07) is 16.3. The quantitative estimate of drug-likeness (QED) is 0.657. The Labute approximate surface area is 169 Å². The molecule has 0 heterocycles. The molecule has 3 rings (SSSR count). The molecular formula is C22H24N2O5. The monoisotopic (exact) mass is 396 g/mol. The van der Waals surface area contributed by atoms with Gasteiger partial charge in [0.25, 0.3) is 11.8 Å². The normalized spacial score (nSPS) is 12.7.